The summed E-state index contributed by atoms with van der Waals surface area (Å²) in [5.74, 6) is -10.9. The number of hydrogen-bond acceptors (Lipinski definition) is 15. The lowest BCUT2D eigenvalue weighted by Gasteiger charge is -2.34. The number of allylic oxidation sites excluding steroid dienone is 2. The molecule has 2 rings (SSSR count). The van der Waals surface area contributed by atoms with Crippen LogP contribution in [0.1, 0.15) is 85.5 Å². The van der Waals surface area contributed by atoms with Crippen LogP contribution in [0.15, 0.2) is 28.5 Å². The van der Waals surface area contributed by atoms with E-state index in [1.165, 1.54) is 26.0 Å². The molecular weight excluding hydrogens is 835 g/mol. The molecule has 0 spiro atoms. The van der Waals surface area contributed by atoms with Gasteiger partial charge in [0, 0.05) is 18.7 Å². The number of fused-ring (bicyclic) bond motifs is 3. The van der Waals surface area contributed by atoms with Gasteiger partial charge in [-0.3, -0.25) is 43.6 Å². The summed E-state index contributed by atoms with van der Waals surface area (Å²) in [6.45, 7) is 2.64. The summed E-state index contributed by atoms with van der Waals surface area (Å²) in [6, 6.07) is -4.86. The topological polar surface area (TPSA) is 352 Å². The zero-order valence-electron chi connectivity index (χ0n) is 35.5. The Labute approximate surface area is 363 Å². The third-order valence-electron chi connectivity index (χ3n) is 9.60. The maximum atomic E-state index is 13.9. The van der Waals surface area contributed by atoms with Gasteiger partial charge in [0.25, 0.3) is 11.8 Å². The molecule has 0 aliphatic carbocycles. The number of aliphatic carboxylic acids is 1. The third-order valence-corrected chi connectivity index (χ3v) is 11.1. The van der Waals surface area contributed by atoms with Crippen molar-refractivity contribution >= 4 is 70.9 Å². The first kappa shape index (κ1) is 52.4. The molecule has 0 aromatic heterocycles. The fraction of sp³-hybridized carbons (Fsp3) is 0.632. The predicted octanol–water partition coefficient (Wildman–Crippen LogP) is -2.46. The van der Waals surface area contributed by atoms with Gasteiger partial charge in [-0.25, -0.2) is 14.9 Å². The van der Waals surface area contributed by atoms with Crippen molar-refractivity contribution in [3.05, 3.63) is 23.5 Å². The molecule has 2 bridgehead atoms. The SMILES string of the molecule is CC=C1NC(=O)C2CSC(C(=O)O)(N=C(N)N(O)CCCCCCCCCCC(=O)NCC(=O)N2)C(CO)NC(=O)CNC(=O)C(=CC)NC(=O)C(C(C)C)NC(=O)CNC1=O. The summed E-state index contributed by atoms with van der Waals surface area (Å²) < 4.78 is 0. The van der Waals surface area contributed by atoms with Gasteiger partial charge in [-0.2, -0.15) is 0 Å². The molecule has 0 radical (unpaired) electrons. The molecule has 13 N–H and O–H groups in total. The lowest BCUT2D eigenvalue weighted by atomic mass is 10.0. The second kappa shape index (κ2) is 26.6. The van der Waals surface area contributed by atoms with Crippen LogP contribution in [0.5, 0.6) is 0 Å². The quantitative estimate of drug-likeness (QED) is 0.131. The second-order valence-electron chi connectivity index (χ2n) is 14.7. The Bertz CT molecular complexity index is 1740. The van der Waals surface area contributed by atoms with E-state index in [4.69, 9.17) is 5.73 Å². The van der Waals surface area contributed by atoms with Crippen LogP contribution in [-0.2, 0) is 43.2 Å². The van der Waals surface area contributed by atoms with Gasteiger partial charge in [0.15, 0.2) is 0 Å². The number of aliphatic hydroxyl groups is 1. The second-order valence-corrected chi connectivity index (χ2v) is 16.0. The number of carboxylic acids is 1. The number of nitrogens with zero attached hydrogens (tertiary/aromatic N) is 2. The number of aliphatic hydroxyl groups excluding tert-OH is 1. The van der Waals surface area contributed by atoms with Crippen molar-refractivity contribution < 1.29 is 58.6 Å². The predicted molar refractivity (Wildman–Crippen MR) is 225 cm³/mol. The molecule has 2 aliphatic heterocycles. The summed E-state index contributed by atoms with van der Waals surface area (Å²) in [7, 11) is 0. The largest absolute Gasteiger partial charge is 0.479 e. The van der Waals surface area contributed by atoms with Gasteiger partial charge in [-0.05, 0) is 32.6 Å². The van der Waals surface area contributed by atoms with Crippen LogP contribution in [0.3, 0.4) is 0 Å². The third kappa shape index (κ3) is 17.0. The Hall–Kier alpha value is -5.75. The molecule has 24 heteroatoms. The average Bonchev–Trinajstić information content (AvgIpc) is 3.23. The fourth-order valence-electron chi connectivity index (χ4n) is 6.06. The maximum absolute atomic E-state index is 13.9. The fourth-order valence-corrected chi connectivity index (χ4v) is 7.33. The highest BCUT2D eigenvalue weighted by Gasteiger charge is 2.49. The van der Waals surface area contributed by atoms with E-state index < -0.39 is 126 Å². The molecule has 0 saturated carbocycles. The van der Waals surface area contributed by atoms with Crippen molar-refractivity contribution in [3.8, 4) is 0 Å². The minimum Gasteiger partial charge on any atom is -0.479 e. The molecule has 62 heavy (non-hydrogen) atoms. The maximum Gasteiger partial charge on any atom is 0.344 e. The van der Waals surface area contributed by atoms with Crippen molar-refractivity contribution in [1.29, 1.82) is 0 Å². The molecule has 4 atom stereocenters. The van der Waals surface area contributed by atoms with Gasteiger partial charge >= 0.3 is 5.97 Å². The van der Waals surface area contributed by atoms with Crippen LogP contribution in [0.25, 0.3) is 0 Å². The number of hydroxylamine groups is 2. The van der Waals surface area contributed by atoms with E-state index in [2.05, 4.69) is 47.5 Å². The Morgan fingerprint density at radius 3 is 1.81 bits per heavy atom. The lowest BCUT2D eigenvalue weighted by Crippen LogP contribution is -2.60. The molecule has 4 unspecified atom stereocenters. The molecule has 8 amide bonds. The van der Waals surface area contributed by atoms with Crippen molar-refractivity contribution in [2.24, 2.45) is 16.6 Å². The summed E-state index contributed by atoms with van der Waals surface area (Å²) in [5.41, 5.74) is 5.40. The van der Waals surface area contributed by atoms with Gasteiger partial charge in [-0.15, -0.1) is 11.8 Å². The lowest BCUT2D eigenvalue weighted by molar-refractivity contribution is -0.141. The van der Waals surface area contributed by atoms with Crippen LogP contribution in [0.4, 0.5) is 0 Å². The van der Waals surface area contributed by atoms with E-state index in [-0.39, 0.29) is 18.7 Å². The number of guanidine groups is 1. The Balaban J connectivity index is 2.73. The molecule has 2 aliphatic rings. The molecule has 1 fully saturated rings. The standard InChI is InChI=1S/C38H61N11O12S/c1-5-23-32(55)42-19-30(54)47-31(22(3)4)35(58)45-24(6-2)33(56)41-18-29(53)46-26(20-50)38(36(59)60)48-37(39)49(61)16-14-12-10-8-7-9-11-13-15-27(51)40-17-28(52)43-25(21-62-38)34(57)44-23/h5-6,22,25-26,31,50,61H,7-21H2,1-4H3,(H2,39,48)(H,40,51)(H,41,56)(H,42,55)(H,43,52)(H,44,57)(H,45,58)(H,46,53)(H,47,54)(H,59,60). The van der Waals surface area contributed by atoms with Crippen molar-refractivity contribution in [3.63, 3.8) is 0 Å². The summed E-state index contributed by atoms with van der Waals surface area (Å²) >= 11 is 0.299. The van der Waals surface area contributed by atoms with Gasteiger partial charge in [0.1, 0.15) is 23.5 Å². The van der Waals surface area contributed by atoms with Gasteiger partial charge in [0.2, 0.25) is 46.3 Å². The van der Waals surface area contributed by atoms with E-state index >= 15 is 0 Å². The normalized spacial score (nSPS) is 26.7. The molecule has 0 aromatic rings. The van der Waals surface area contributed by atoms with E-state index in [1.807, 2.05) is 0 Å². The van der Waals surface area contributed by atoms with Crippen LogP contribution in [0, 0.1) is 5.92 Å². The number of aliphatic imine (C=N–C) groups is 1. The van der Waals surface area contributed by atoms with Gasteiger partial charge in [-0.1, -0.05) is 64.5 Å². The monoisotopic (exact) mass is 895 g/mol. The van der Waals surface area contributed by atoms with Gasteiger partial charge < -0.3 is 58.5 Å². The van der Waals surface area contributed by atoms with Crippen molar-refractivity contribution in [2.75, 3.05) is 38.5 Å². The van der Waals surface area contributed by atoms with E-state index in [1.54, 1.807) is 13.8 Å². The number of carboxylic acid groups (broad SMARTS) is 1. The number of nitrogens with two attached hydrogens (primary N) is 1. The zero-order valence-corrected chi connectivity index (χ0v) is 36.3. The minimum atomic E-state index is -2.77. The van der Waals surface area contributed by atoms with E-state index in [0.717, 1.165) is 32.1 Å². The number of amides is 8. The highest BCUT2D eigenvalue weighted by atomic mass is 32.2. The first-order chi connectivity index (χ1) is 29.4. The number of carbonyl (C=O) groups excluding carboxylic acids is 8. The Morgan fingerprint density at radius 2 is 1.27 bits per heavy atom. The molecule has 346 valence electrons. The average molecular weight is 896 g/mol. The van der Waals surface area contributed by atoms with Crippen LogP contribution in [-0.4, -0.2) is 141 Å². The summed E-state index contributed by atoms with van der Waals surface area (Å²) in [5, 5.41) is 51.7. The number of nitrogens with one attached hydrogen (secondary N) is 8. The highest BCUT2D eigenvalue weighted by molar-refractivity contribution is 8.01. The number of thioether (sulfide) groups is 1. The number of hydrogen-bond donors (Lipinski definition) is 12. The zero-order chi connectivity index (χ0) is 46.4. The molecule has 23 nitrogen and oxygen atoms in total. The van der Waals surface area contributed by atoms with E-state index in [9.17, 15) is 58.6 Å². The molecule has 0 aromatic carbocycles. The molecule has 2 heterocycles. The number of carbonyl (C=O) groups is 9. The highest BCUT2D eigenvalue weighted by Crippen LogP contribution is 2.33. The van der Waals surface area contributed by atoms with Crippen LogP contribution in [0.2, 0.25) is 0 Å². The van der Waals surface area contributed by atoms with Gasteiger partial charge in [0.05, 0.1) is 32.3 Å². The van der Waals surface area contributed by atoms with Crippen LogP contribution < -0.4 is 48.3 Å². The van der Waals surface area contributed by atoms with Crippen LogP contribution >= 0.6 is 11.8 Å². The smallest absolute Gasteiger partial charge is 0.344 e. The Morgan fingerprint density at radius 1 is 0.774 bits per heavy atom. The summed E-state index contributed by atoms with van der Waals surface area (Å²) in [6.07, 6.45) is 8.41. The number of rotatable bonds is 3. The molecule has 1 saturated heterocycles. The van der Waals surface area contributed by atoms with Crippen molar-refractivity contribution in [1.82, 2.24) is 47.6 Å². The van der Waals surface area contributed by atoms with E-state index in [0.29, 0.717) is 36.1 Å². The first-order valence-electron chi connectivity index (χ1n) is 20.3. The molecular formula is C38H61N11O12S. The minimum absolute atomic E-state index is 0.0916. The van der Waals surface area contributed by atoms with Crippen molar-refractivity contribution in [2.45, 2.75) is 108 Å². The Kier molecular flexibility index (Phi) is 22.4. The first-order valence-corrected chi connectivity index (χ1v) is 21.3. The summed E-state index contributed by atoms with van der Waals surface area (Å²) in [4.78, 5) is 120.